The maximum Gasteiger partial charge on any atom is 0.324 e. The van der Waals surface area contributed by atoms with Gasteiger partial charge in [0.05, 0.1) is 21.3 Å². The number of ether oxygens (including phenoxy) is 3. The van der Waals surface area contributed by atoms with E-state index in [-0.39, 0.29) is 12.3 Å². The second-order valence-corrected chi connectivity index (χ2v) is 5.63. The molecule has 0 spiro atoms. The quantitative estimate of drug-likeness (QED) is 0.593. The van der Waals surface area contributed by atoms with Gasteiger partial charge in [0, 0.05) is 5.92 Å². The van der Waals surface area contributed by atoms with E-state index < -0.39 is 17.4 Å². The van der Waals surface area contributed by atoms with Gasteiger partial charge in [-0.2, -0.15) is 0 Å². The Morgan fingerprint density at radius 3 is 2.12 bits per heavy atom. The molecule has 0 aromatic heterocycles. The van der Waals surface area contributed by atoms with Gasteiger partial charge in [0.2, 0.25) is 0 Å². The highest BCUT2D eigenvalue weighted by atomic mass is 16.5. The van der Waals surface area contributed by atoms with Crippen molar-refractivity contribution in [3.8, 4) is 5.75 Å². The van der Waals surface area contributed by atoms with E-state index in [2.05, 4.69) is 0 Å². The highest BCUT2D eigenvalue weighted by Crippen LogP contribution is 2.39. The van der Waals surface area contributed by atoms with Crippen LogP contribution in [0.2, 0.25) is 0 Å². The van der Waals surface area contributed by atoms with Crippen molar-refractivity contribution in [2.45, 2.75) is 12.8 Å². The SMILES string of the molecule is COC(=O)C(Cc1ccc(OC)cc1)(C(=O)OC)C1C=CC=CC1. The molecule has 1 atom stereocenters. The molecule has 5 heteroatoms. The summed E-state index contributed by atoms with van der Waals surface area (Å²) in [7, 11) is 4.16. The molecule has 0 bridgehead atoms. The molecule has 1 aliphatic carbocycles. The Bertz CT molecular complexity index is 626. The first-order valence-corrected chi connectivity index (χ1v) is 7.71. The smallest absolute Gasteiger partial charge is 0.324 e. The van der Waals surface area contributed by atoms with Crippen molar-refractivity contribution in [3.63, 3.8) is 0 Å². The average molecular weight is 330 g/mol. The van der Waals surface area contributed by atoms with Gasteiger partial charge < -0.3 is 14.2 Å². The van der Waals surface area contributed by atoms with E-state index in [1.807, 2.05) is 36.4 Å². The number of benzene rings is 1. The molecule has 5 nitrogen and oxygen atoms in total. The van der Waals surface area contributed by atoms with Gasteiger partial charge in [-0.25, -0.2) is 0 Å². The topological polar surface area (TPSA) is 61.8 Å². The van der Waals surface area contributed by atoms with Gasteiger partial charge >= 0.3 is 11.9 Å². The summed E-state index contributed by atoms with van der Waals surface area (Å²) in [5.41, 5.74) is -0.589. The number of allylic oxidation sites excluding steroid dienone is 4. The minimum Gasteiger partial charge on any atom is -0.497 e. The zero-order valence-corrected chi connectivity index (χ0v) is 14.2. The molecule has 1 aromatic rings. The van der Waals surface area contributed by atoms with Crippen LogP contribution in [0.1, 0.15) is 12.0 Å². The lowest BCUT2D eigenvalue weighted by Gasteiger charge is -2.34. The van der Waals surface area contributed by atoms with Crippen molar-refractivity contribution in [3.05, 3.63) is 54.1 Å². The van der Waals surface area contributed by atoms with Crippen molar-refractivity contribution in [1.82, 2.24) is 0 Å². The first-order chi connectivity index (χ1) is 11.6. The van der Waals surface area contributed by atoms with Gasteiger partial charge in [-0.1, -0.05) is 36.4 Å². The Morgan fingerprint density at radius 2 is 1.67 bits per heavy atom. The zero-order valence-electron chi connectivity index (χ0n) is 14.2. The Hall–Kier alpha value is -2.56. The summed E-state index contributed by atoms with van der Waals surface area (Å²) in [6.07, 6.45) is 8.28. The van der Waals surface area contributed by atoms with Crippen molar-refractivity contribution >= 4 is 11.9 Å². The zero-order chi connectivity index (χ0) is 17.6. The largest absolute Gasteiger partial charge is 0.497 e. The number of esters is 2. The van der Waals surface area contributed by atoms with E-state index in [0.29, 0.717) is 12.2 Å². The summed E-state index contributed by atoms with van der Waals surface area (Å²) in [5.74, 6) is -0.796. The molecule has 1 unspecified atom stereocenters. The first kappa shape index (κ1) is 17.8. The molecule has 0 aliphatic heterocycles. The molecule has 0 amide bonds. The maximum absolute atomic E-state index is 12.7. The molecule has 0 fully saturated rings. The lowest BCUT2D eigenvalue weighted by molar-refractivity contribution is -0.172. The van der Waals surface area contributed by atoms with E-state index >= 15 is 0 Å². The van der Waals surface area contributed by atoms with Crippen LogP contribution in [-0.2, 0) is 25.5 Å². The molecule has 2 rings (SSSR count). The van der Waals surface area contributed by atoms with Crippen LogP contribution in [0, 0.1) is 11.3 Å². The number of carbonyl (C=O) groups excluding carboxylic acids is 2. The van der Waals surface area contributed by atoms with Gasteiger partial charge in [0.15, 0.2) is 5.41 Å². The molecular formula is C19H22O5. The predicted molar refractivity (Wildman–Crippen MR) is 89.6 cm³/mol. The molecule has 0 saturated heterocycles. The number of methoxy groups -OCH3 is 3. The Kier molecular flexibility index (Phi) is 5.79. The van der Waals surface area contributed by atoms with Crippen LogP contribution in [0.25, 0.3) is 0 Å². The Morgan fingerprint density at radius 1 is 1.04 bits per heavy atom. The van der Waals surface area contributed by atoms with Crippen molar-refractivity contribution in [1.29, 1.82) is 0 Å². The molecule has 1 aromatic carbocycles. The van der Waals surface area contributed by atoms with Crippen molar-refractivity contribution in [2.24, 2.45) is 11.3 Å². The maximum atomic E-state index is 12.7. The summed E-state index contributed by atoms with van der Waals surface area (Å²) >= 11 is 0. The molecular weight excluding hydrogens is 308 g/mol. The van der Waals surface area contributed by atoms with Gasteiger partial charge in [-0.3, -0.25) is 9.59 Å². The minimum atomic E-state index is -1.42. The van der Waals surface area contributed by atoms with E-state index in [9.17, 15) is 9.59 Å². The fourth-order valence-corrected chi connectivity index (χ4v) is 3.04. The van der Waals surface area contributed by atoms with Gasteiger partial charge in [0.1, 0.15) is 5.75 Å². The summed E-state index contributed by atoms with van der Waals surface area (Å²) < 4.78 is 15.1. The normalized spacial score (nSPS) is 16.5. The van der Waals surface area contributed by atoms with E-state index in [1.165, 1.54) is 14.2 Å². The summed E-state index contributed by atoms with van der Waals surface area (Å²) in [6, 6.07) is 7.26. The van der Waals surface area contributed by atoms with Crippen LogP contribution in [0.3, 0.4) is 0 Å². The average Bonchev–Trinajstić information content (AvgIpc) is 2.66. The molecule has 0 N–H and O–H groups in total. The lowest BCUT2D eigenvalue weighted by Crippen LogP contribution is -2.48. The van der Waals surface area contributed by atoms with Crippen LogP contribution in [0.5, 0.6) is 5.75 Å². The van der Waals surface area contributed by atoms with Crippen LogP contribution >= 0.6 is 0 Å². The third-order valence-electron chi connectivity index (χ3n) is 4.35. The Labute approximate surface area is 141 Å². The minimum absolute atomic E-state index is 0.194. The molecule has 24 heavy (non-hydrogen) atoms. The summed E-state index contributed by atoms with van der Waals surface area (Å²) in [6.45, 7) is 0. The van der Waals surface area contributed by atoms with E-state index in [0.717, 1.165) is 5.56 Å². The molecule has 128 valence electrons. The van der Waals surface area contributed by atoms with Gasteiger partial charge in [-0.15, -0.1) is 0 Å². The van der Waals surface area contributed by atoms with Gasteiger partial charge in [-0.05, 0) is 30.5 Å². The van der Waals surface area contributed by atoms with Crippen LogP contribution < -0.4 is 4.74 Å². The molecule has 0 radical (unpaired) electrons. The van der Waals surface area contributed by atoms with Crippen molar-refractivity contribution in [2.75, 3.05) is 21.3 Å². The third-order valence-corrected chi connectivity index (χ3v) is 4.35. The van der Waals surface area contributed by atoms with Crippen molar-refractivity contribution < 1.29 is 23.8 Å². The molecule has 0 saturated carbocycles. The lowest BCUT2D eigenvalue weighted by atomic mass is 9.68. The van der Waals surface area contributed by atoms with Crippen LogP contribution in [0.15, 0.2) is 48.6 Å². The Balaban J connectivity index is 2.46. The fourth-order valence-electron chi connectivity index (χ4n) is 3.04. The molecule has 1 aliphatic rings. The monoisotopic (exact) mass is 330 g/mol. The summed E-state index contributed by atoms with van der Waals surface area (Å²) in [5, 5.41) is 0. The number of hydrogen-bond donors (Lipinski definition) is 0. The summed E-state index contributed by atoms with van der Waals surface area (Å²) in [4.78, 5) is 25.3. The second-order valence-electron chi connectivity index (χ2n) is 5.63. The highest BCUT2D eigenvalue weighted by molar-refractivity contribution is 6.01. The third kappa shape index (κ3) is 3.35. The fraction of sp³-hybridized carbons (Fsp3) is 0.368. The van der Waals surface area contributed by atoms with E-state index in [4.69, 9.17) is 14.2 Å². The first-order valence-electron chi connectivity index (χ1n) is 7.71. The molecule has 0 heterocycles. The predicted octanol–water partition coefficient (Wildman–Crippen LogP) is 2.70. The number of carbonyl (C=O) groups is 2. The van der Waals surface area contributed by atoms with Crippen LogP contribution in [0.4, 0.5) is 0 Å². The number of hydrogen-bond acceptors (Lipinski definition) is 5. The van der Waals surface area contributed by atoms with E-state index in [1.54, 1.807) is 19.2 Å². The number of rotatable bonds is 6. The highest BCUT2D eigenvalue weighted by Gasteiger charge is 2.53. The van der Waals surface area contributed by atoms with Crippen LogP contribution in [-0.4, -0.2) is 33.3 Å². The standard InChI is InChI=1S/C19H22O5/c1-22-16-11-9-14(10-12-16)13-19(17(20)23-2,18(21)24-3)15-7-5-4-6-8-15/h4-7,9-12,15H,8,13H2,1-3H3. The van der Waals surface area contributed by atoms with Gasteiger partial charge in [0.25, 0.3) is 0 Å². The second kappa shape index (κ2) is 7.81.